The molecule has 32 heavy (non-hydrogen) atoms. The molecule has 5 heterocycles. The zero-order valence-corrected chi connectivity index (χ0v) is 17.1. The van der Waals surface area contributed by atoms with Gasteiger partial charge in [0.15, 0.2) is 11.5 Å². The Morgan fingerprint density at radius 2 is 2.00 bits per heavy atom. The summed E-state index contributed by atoms with van der Waals surface area (Å²) in [7, 11) is 0. The van der Waals surface area contributed by atoms with E-state index < -0.39 is 24.0 Å². The fourth-order valence-corrected chi connectivity index (χ4v) is 4.05. The highest BCUT2D eigenvalue weighted by Crippen LogP contribution is 2.41. The lowest BCUT2D eigenvalue weighted by molar-refractivity contribution is 0.140. The van der Waals surface area contributed by atoms with Crippen LogP contribution in [0.25, 0.3) is 27.8 Å². The van der Waals surface area contributed by atoms with Crippen molar-refractivity contribution in [1.82, 2.24) is 24.6 Å². The molecule has 4 aromatic rings. The second kappa shape index (κ2) is 7.29. The van der Waals surface area contributed by atoms with Gasteiger partial charge in [0.25, 0.3) is 6.43 Å². The van der Waals surface area contributed by atoms with E-state index in [0.29, 0.717) is 10.5 Å². The minimum absolute atomic E-state index is 0.0440. The Morgan fingerprint density at radius 3 is 2.66 bits per heavy atom. The maximum absolute atomic E-state index is 15.2. The molecule has 0 spiro atoms. The van der Waals surface area contributed by atoms with Gasteiger partial charge in [0.2, 0.25) is 0 Å². The highest BCUT2D eigenvalue weighted by atomic mass is 35.5. The molecule has 8 nitrogen and oxygen atoms in total. The Morgan fingerprint density at radius 1 is 1.25 bits per heavy atom. The van der Waals surface area contributed by atoms with Crippen molar-refractivity contribution in [3.63, 3.8) is 0 Å². The van der Waals surface area contributed by atoms with Gasteiger partial charge in [-0.1, -0.05) is 11.6 Å². The van der Waals surface area contributed by atoms with Gasteiger partial charge in [-0.05, 0) is 13.0 Å². The van der Waals surface area contributed by atoms with Crippen molar-refractivity contribution in [1.29, 1.82) is 5.26 Å². The largest absolute Gasteiger partial charge is 0.389 e. The molecule has 1 aliphatic heterocycles. The number of nitriles is 1. The lowest BCUT2D eigenvalue weighted by Crippen LogP contribution is -2.52. The molecule has 0 aromatic carbocycles. The number of fused-ring (bicyclic) bond motifs is 2. The average molecular weight is 460 g/mol. The minimum Gasteiger partial charge on any atom is -0.389 e. The van der Waals surface area contributed by atoms with Gasteiger partial charge in [-0.3, -0.25) is 9.97 Å². The number of aliphatic hydroxyl groups excluding tert-OH is 1. The molecular formula is C20H13ClF3N7O. The third-order valence-corrected chi connectivity index (χ3v) is 5.51. The molecule has 5 rings (SSSR count). The summed E-state index contributed by atoms with van der Waals surface area (Å²) in [6, 6.07) is 3.27. The molecule has 0 atom stereocenters. The molecular weight excluding hydrogens is 447 g/mol. The van der Waals surface area contributed by atoms with Crippen molar-refractivity contribution in [2.24, 2.45) is 0 Å². The maximum atomic E-state index is 15.2. The van der Waals surface area contributed by atoms with E-state index in [9.17, 15) is 19.1 Å². The topological polar surface area (TPSA) is 103 Å². The van der Waals surface area contributed by atoms with Crippen LogP contribution >= 0.6 is 11.6 Å². The van der Waals surface area contributed by atoms with Crippen LogP contribution in [0.5, 0.6) is 0 Å². The van der Waals surface area contributed by atoms with Gasteiger partial charge in [-0.15, -0.1) is 0 Å². The predicted molar refractivity (Wildman–Crippen MR) is 109 cm³/mol. The number of hydrogen-bond acceptors (Lipinski definition) is 7. The fourth-order valence-electron chi connectivity index (χ4n) is 3.89. The predicted octanol–water partition coefficient (Wildman–Crippen LogP) is 3.43. The van der Waals surface area contributed by atoms with Crippen LogP contribution in [0.2, 0.25) is 5.02 Å². The summed E-state index contributed by atoms with van der Waals surface area (Å²) in [6.45, 7) is 1.91. The number of nitrogens with zero attached hydrogens (tertiary/aromatic N) is 7. The van der Waals surface area contributed by atoms with Crippen LogP contribution in [0.1, 0.15) is 23.4 Å². The van der Waals surface area contributed by atoms with Gasteiger partial charge in [-0.25, -0.2) is 18.2 Å². The lowest BCUT2D eigenvalue weighted by atomic mass is 10.0. The van der Waals surface area contributed by atoms with Gasteiger partial charge in [0.05, 0.1) is 45.2 Å². The number of alkyl halides is 2. The summed E-state index contributed by atoms with van der Waals surface area (Å²) < 4.78 is 43.4. The van der Waals surface area contributed by atoms with E-state index in [-0.39, 0.29) is 52.5 Å². The first-order chi connectivity index (χ1) is 15.3. The van der Waals surface area contributed by atoms with E-state index in [2.05, 4.69) is 20.1 Å². The second-order valence-corrected chi connectivity index (χ2v) is 7.80. The number of hydrogen-bond donors (Lipinski definition) is 1. The van der Waals surface area contributed by atoms with Crippen molar-refractivity contribution in [3.05, 3.63) is 46.3 Å². The summed E-state index contributed by atoms with van der Waals surface area (Å²) in [5.74, 6) is -0.481. The van der Waals surface area contributed by atoms with Crippen LogP contribution in [0, 0.1) is 24.1 Å². The van der Waals surface area contributed by atoms with E-state index in [4.69, 9.17) is 11.6 Å². The number of aliphatic hydroxyl groups is 1. The Labute approximate surface area is 183 Å². The first-order valence-electron chi connectivity index (χ1n) is 9.44. The monoisotopic (exact) mass is 459 g/mol. The van der Waals surface area contributed by atoms with Gasteiger partial charge in [0.1, 0.15) is 23.1 Å². The SMILES string of the molecule is Cc1nc2c(C#N)c(C(F)F)nn2c(N2CC(O)C2)c1-c1c(F)cnc2cc(Cl)cnc12. The molecule has 0 bridgehead atoms. The van der Waals surface area contributed by atoms with Gasteiger partial charge < -0.3 is 10.0 Å². The summed E-state index contributed by atoms with van der Waals surface area (Å²) in [6.07, 6.45) is -1.29. The Hall–Kier alpha value is -3.49. The number of pyridine rings is 2. The molecule has 12 heteroatoms. The number of aromatic nitrogens is 5. The van der Waals surface area contributed by atoms with Crippen LogP contribution in [0.3, 0.4) is 0 Å². The molecule has 1 saturated heterocycles. The van der Waals surface area contributed by atoms with Crippen molar-refractivity contribution in [2.45, 2.75) is 19.5 Å². The van der Waals surface area contributed by atoms with Gasteiger partial charge in [-0.2, -0.15) is 14.9 Å². The Bertz CT molecular complexity index is 1440. The first kappa shape index (κ1) is 20.4. The molecule has 0 radical (unpaired) electrons. The first-order valence-corrected chi connectivity index (χ1v) is 9.82. The number of halogens is 4. The number of aryl methyl sites for hydroxylation is 1. The molecule has 0 unspecified atom stereocenters. The fraction of sp³-hybridized carbons (Fsp3) is 0.250. The number of β-amino-alcohol motifs (C(OH)–C–C–N with tert-alkyl or cyclic N) is 1. The maximum Gasteiger partial charge on any atom is 0.283 e. The van der Waals surface area contributed by atoms with Crippen molar-refractivity contribution < 1.29 is 18.3 Å². The second-order valence-electron chi connectivity index (χ2n) is 7.37. The zero-order chi connectivity index (χ0) is 22.7. The molecule has 0 amide bonds. The molecule has 0 aliphatic carbocycles. The molecule has 1 aliphatic rings. The molecule has 1 fully saturated rings. The summed E-state index contributed by atoms with van der Waals surface area (Å²) in [5, 5.41) is 23.6. The summed E-state index contributed by atoms with van der Waals surface area (Å²) >= 11 is 6.00. The summed E-state index contributed by atoms with van der Waals surface area (Å²) in [5.41, 5.74) is -0.0631. The zero-order valence-electron chi connectivity index (χ0n) is 16.4. The lowest BCUT2D eigenvalue weighted by Gasteiger charge is -2.39. The highest BCUT2D eigenvalue weighted by molar-refractivity contribution is 6.31. The van der Waals surface area contributed by atoms with E-state index in [1.54, 1.807) is 17.9 Å². The van der Waals surface area contributed by atoms with E-state index in [1.165, 1.54) is 12.3 Å². The highest BCUT2D eigenvalue weighted by Gasteiger charge is 2.34. The van der Waals surface area contributed by atoms with Crippen LogP contribution in [-0.2, 0) is 0 Å². The molecule has 0 saturated carbocycles. The smallest absolute Gasteiger partial charge is 0.283 e. The average Bonchev–Trinajstić information content (AvgIpc) is 3.09. The third-order valence-electron chi connectivity index (χ3n) is 5.30. The quantitative estimate of drug-likeness (QED) is 0.500. The van der Waals surface area contributed by atoms with Gasteiger partial charge >= 0.3 is 0 Å². The van der Waals surface area contributed by atoms with Crippen molar-refractivity contribution in [2.75, 3.05) is 18.0 Å². The van der Waals surface area contributed by atoms with Crippen molar-refractivity contribution in [3.8, 4) is 17.2 Å². The molecule has 4 aromatic heterocycles. The van der Waals surface area contributed by atoms with E-state index >= 15 is 4.39 Å². The van der Waals surface area contributed by atoms with Crippen molar-refractivity contribution >= 4 is 34.1 Å². The number of anilines is 1. The standard InChI is InChI=1S/C20H13ClF3N7O/c1-8-14(15-12(22)5-26-13-2-9(21)4-27-17(13)15)20(30-6-10(32)7-30)31-19(28-8)11(3-25)16(29-31)18(23)24/h2,4-5,10,18,32H,6-7H2,1H3. The van der Waals surface area contributed by atoms with E-state index in [1.807, 2.05) is 0 Å². The molecule has 162 valence electrons. The third kappa shape index (κ3) is 2.95. The van der Waals surface area contributed by atoms with E-state index in [0.717, 1.165) is 10.7 Å². The van der Waals surface area contributed by atoms with Crippen LogP contribution in [0.4, 0.5) is 19.0 Å². The normalized spacial score (nSPS) is 14.4. The van der Waals surface area contributed by atoms with Gasteiger partial charge in [0, 0.05) is 19.3 Å². The summed E-state index contributed by atoms with van der Waals surface area (Å²) in [4.78, 5) is 14.3. The number of rotatable bonds is 3. The van der Waals surface area contributed by atoms with Crippen LogP contribution < -0.4 is 4.90 Å². The van der Waals surface area contributed by atoms with Crippen LogP contribution in [-0.4, -0.2) is 48.9 Å². The molecule has 1 N–H and O–H groups in total. The van der Waals surface area contributed by atoms with Crippen LogP contribution in [0.15, 0.2) is 18.5 Å². The Balaban J connectivity index is 1.92. The minimum atomic E-state index is -3.01. The Kier molecular flexibility index (Phi) is 4.65.